The van der Waals surface area contributed by atoms with Crippen LogP contribution in [0.1, 0.15) is 18.1 Å². The van der Waals surface area contributed by atoms with Crippen molar-refractivity contribution < 1.29 is 9.59 Å². The van der Waals surface area contributed by atoms with Crippen LogP contribution in [0.15, 0.2) is 92.6 Å². The number of carbonyl (C=O) groups excluding carboxylic acids is 2. The Morgan fingerprint density at radius 2 is 1.81 bits per heavy atom. The van der Waals surface area contributed by atoms with E-state index in [9.17, 15) is 14.9 Å². The van der Waals surface area contributed by atoms with E-state index in [1.807, 2.05) is 66.5 Å². The SMILES string of the molecule is CC(=O)Nc1cc(/N=C2/S/C(=C3\Sc4ccccc4N3C)C(=O)N2Cc2ccccc2)ccc1C#N. The maximum atomic E-state index is 13.7. The van der Waals surface area contributed by atoms with Crippen molar-refractivity contribution in [3.05, 3.63) is 93.9 Å². The molecule has 5 rings (SSSR count). The molecule has 0 radical (unpaired) electrons. The van der Waals surface area contributed by atoms with Crippen molar-refractivity contribution in [1.29, 1.82) is 5.26 Å². The van der Waals surface area contributed by atoms with Crippen LogP contribution in [0.25, 0.3) is 0 Å². The van der Waals surface area contributed by atoms with E-state index in [1.165, 1.54) is 18.7 Å². The lowest BCUT2D eigenvalue weighted by Crippen LogP contribution is -2.29. The third-order valence-corrected chi connectivity index (χ3v) is 8.07. The van der Waals surface area contributed by atoms with Crippen molar-refractivity contribution in [3.63, 3.8) is 0 Å². The third kappa shape index (κ3) is 4.61. The second-order valence-electron chi connectivity index (χ2n) is 8.16. The number of rotatable bonds is 4. The number of nitrogens with one attached hydrogen (secondary N) is 1. The number of amidine groups is 1. The Bertz CT molecular complexity index is 1480. The van der Waals surface area contributed by atoms with Gasteiger partial charge in [-0.1, -0.05) is 54.2 Å². The van der Waals surface area contributed by atoms with Gasteiger partial charge in [-0.2, -0.15) is 5.26 Å². The van der Waals surface area contributed by atoms with Gasteiger partial charge in [-0.05, 0) is 47.7 Å². The molecule has 3 aromatic rings. The Kier molecular flexibility index (Phi) is 6.55. The molecule has 2 amide bonds. The molecule has 0 spiro atoms. The first-order valence-electron chi connectivity index (χ1n) is 11.1. The van der Waals surface area contributed by atoms with E-state index < -0.39 is 0 Å². The molecule has 0 saturated carbocycles. The quantitative estimate of drug-likeness (QED) is 0.453. The van der Waals surface area contributed by atoms with Crippen molar-refractivity contribution in [2.24, 2.45) is 4.99 Å². The van der Waals surface area contributed by atoms with E-state index in [-0.39, 0.29) is 11.8 Å². The first-order valence-corrected chi connectivity index (χ1v) is 12.8. The summed E-state index contributed by atoms with van der Waals surface area (Å²) >= 11 is 2.91. The molecule has 0 atom stereocenters. The molecule has 7 nitrogen and oxygen atoms in total. The molecule has 178 valence electrons. The minimum absolute atomic E-state index is 0.111. The van der Waals surface area contributed by atoms with Crippen LogP contribution in [0.3, 0.4) is 0 Å². The molecule has 3 aromatic carbocycles. The maximum absolute atomic E-state index is 13.7. The van der Waals surface area contributed by atoms with Crippen molar-refractivity contribution in [2.45, 2.75) is 18.4 Å². The molecular formula is C27H21N5O2S2. The number of aliphatic imine (C=N–C) groups is 1. The molecule has 2 heterocycles. The summed E-state index contributed by atoms with van der Waals surface area (Å²) in [6, 6.07) is 24.9. The fourth-order valence-corrected chi connectivity index (χ4v) is 6.27. The van der Waals surface area contributed by atoms with Gasteiger partial charge in [0.15, 0.2) is 5.17 Å². The number of thioether (sulfide) groups is 2. The van der Waals surface area contributed by atoms with Crippen LogP contribution in [-0.4, -0.2) is 28.9 Å². The summed E-state index contributed by atoms with van der Waals surface area (Å²) in [6.07, 6.45) is 0. The van der Waals surface area contributed by atoms with Crippen LogP contribution in [-0.2, 0) is 16.1 Å². The molecular weight excluding hydrogens is 490 g/mol. The molecule has 1 saturated heterocycles. The summed E-state index contributed by atoms with van der Waals surface area (Å²) in [5.74, 6) is -0.388. The minimum atomic E-state index is -0.277. The number of amides is 2. The second kappa shape index (κ2) is 9.93. The molecule has 0 bridgehead atoms. The highest BCUT2D eigenvalue weighted by atomic mass is 32.2. The zero-order chi connectivity index (χ0) is 25.2. The van der Waals surface area contributed by atoms with Crippen LogP contribution < -0.4 is 10.2 Å². The maximum Gasteiger partial charge on any atom is 0.269 e. The van der Waals surface area contributed by atoms with Gasteiger partial charge in [0.05, 0.1) is 34.2 Å². The van der Waals surface area contributed by atoms with Gasteiger partial charge in [0.25, 0.3) is 5.91 Å². The van der Waals surface area contributed by atoms with Crippen LogP contribution in [0, 0.1) is 11.3 Å². The Morgan fingerprint density at radius 3 is 2.53 bits per heavy atom. The highest BCUT2D eigenvalue weighted by molar-refractivity contribution is 8.19. The second-order valence-corrected chi connectivity index (χ2v) is 10.2. The fourth-order valence-electron chi connectivity index (χ4n) is 3.93. The Hall–Kier alpha value is -4.00. The molecule has 0 unspecified atom stereocenters. The fraction of sp³-hybridized carbons (Fsp3) is 0.111. The van der Waals surface area contributed by atoms with Crippen LogP contribution in [0.2, 0.25) is 0 Å². The minimum Gasteiger partial charge on any atom is -0.337 e. The van der Waals surface area contributed by atoms with E-state index in [4.69, 9.17) is 4.99 Å². The summed E-state index contributed by atoms with van der Waals surface area (Å²) in [6.45, 7) is 1.76. The predicted octanol–water partition coefficient (Wildman–Crippen LogP) is 5.69. The van der Waals surface area contributed by atoms with Gasteiger partial charge < -0.3 is 10.2 Å². The molecule has 36 heavy (non-hydrogen) atoms. The van der Waals surface area contributed by atoms with Crippen molar-refractivity contribution in [1.82, 2.24) is 4.90 Å². The smallest absolute Gasteiger partial charge is 0.269 e. The molecule has 2 aliphatic rings. The first kappa shape index (κ1) is 23.7. The van der Waals surface area contributed by atoms with Gasteiger partial charge >= 0.3 is 0 Å². The monoisotopic (exact) mass is 511 g/mol. The number of para-hydroxylation sites is 1. The van der Waals surface area contributed by atoms with Gasteiger partial charge in [0.2, 0.25) is 5.91 Å². The van der Waals surface area contributed by atoms with E-state index in [1.54, 1.807) is 34.9 Å². The number of hydrogen-bond donors (Lipinski definition) is 1. The predicted molar refractivity (Wildman–Crippen MR) is 145 cm³/mol. The van der Waals surface area contributed by atoms with Crippen LogP contribution in [0.4, 0.5) is 17.1 Å². The number of anilines is 2. The number of fused-ring (bicyclic) bond motifs is 1. The number of nitriles is 1. The standard InChI is InChI=1S/C27H21N5O2S2/c1-17(33)29-21-14-20(13-12-19(21)15-28)30-27-32(16-18-8-4-3-5-9-18)25(34)24(36-27)26-31(2)22-10-6-7-11-23(22)35-26/h3-14H,16H2,1-2H3,(H,29,33)/b26-24-,30-27+. The number of hydrogen-bond acceptors (Lipinski definition) is 7. The highest BCUT2D eigenvalue weighted by Crippen LogP contribution is 2.50. The third-order valence-electron chi connectivity index (χ3n) is 5.64. The Balaban J connectivity index is 1.56. The lowest BCUT2D eigenvalue weighted by molar-refractivity contribution is -0.122. The Labute approximate surface area is 217 Å². The van der Waals surface area contributed by atoms with Gasteiger partial charge in [-0.3, -0.25) is 14.5 Å². The lowest BCUT2D eigenvalue weighted by atomic mass is 10.1. The zero-order valence-corrected chi connectivity index (χ0v) is 21.2. The summed E-state index contributed by atoms with van der Waals surface area (Å²) in [5.41, 5.74) is 3.31. The summed E-state index contributed by atoms with van der Waals surface area (Å²) in [4.78, 5) is 35.6. The van der Waals surface area contributed by atoms with E-state index in [2.05, 4.69) is 11.4 Å². The van der Waals surface area contributed by atoms with Crippen molar-refractivity contribution in [2.75, 3.05) is 17.3 Å². The molecule has 9 heteroatoms. The number of nitrogens with zero attached hydrogens (tertiary/aromatic N) is 4. The molecule has 1 N–H and O–H groups in total. The molecule has 0 aromatic heterocycles. The lowest BCUT2D eigenvalue weighted by Gasteiger charge is -2.17. The number of benzene rings is 3. The van der Waals surface area contributed by atoms with Gasteiger partial charge in [0, 0.05) is 18.9 Å². The first-order chi connectivity index (χ1) is 17.4. The highest BCUT2D eigenvalue weighted by Gasteiger charge is 2.39. The summed E-state index contributed by atoms with van der Waals surface area (Å²) in [5, 5.41) is 13.5. The van der Waals surface area contributed by atoms with Crippen LogP contribution >= 0.6 is 23.5 Å². The van der Waals surface area contributed by atoms with Crippen molar-refractivity contribution >= 4 is 57.6 Å². The average molecular weight is 512 g/mol. The molecule has 2 aliphatic heterocycles. The van der Waals surface area contributed by atoms with Gasteiger partial charge in [0.1, 0.15) is 11.0 Å². The van der Waals surface area contributed by atoms with Crippen LogP contribution in [0.5, 0.6) is 0 Å². The summed E-state index contributed by atoms with van der Waals surface area (Å²) < 4.78 is 0. The molecule has 1 fully saturated rings. The average Bonchev–Trinajstić information content (AvgIpc) is 3.36. The van der Waals surface area contributed by atoms with Crippen molar-refractivity contribution in [3.8, 4) is 6.07 Å². The number of carbonyl (C=O) groups is 2. The molecule has 0 aliphatic carbocycles. The largest absolute Gasteiger partial charge is 0.337 e. The van der Waals surface area contributed by atoms with E-state index >= 15 is 0 Å². The normalized spacial score (nSPS) is 17.9. The Morgan fingerprint density at radius 1 is 1.06 bits per heavy atom. The zero-order valence-electron chi connectivity index (χ0n) is 19.6. The van der Waals surface area contributed by atoms with Gasteiger partial charge in [-0.25, -0.2) is 4.99 Å². The van der Waals surface area contributed by atoms with E-state index in [0.717, 1.165) is 21.2 Å². The topological polar surface area (TPSA) is 88.8 Å². The summed E-state index contributed by atoms with van der Waals surface area (Å²) in [7, 11) is 1.96. The van der Waals surface area contributed by atoms with Gasteiger partial charge in [-0.15, -0.1) is 0 Å². The van der Waals surface area contributed by atoms with E-state index in [0.29, 0.717) is 33.6 Å².